The molecule has 1 saturated carbocycles. The van der Waals surface area contributed by atoms with Crippen molar-refractivity contribution in [1.82, 2.24) is 5.32 Å². The second-order valence-corrected chi connectivity index (χ2v) is 8.17. The van der Waals surface area contributed by atoms with Gasteiger partial charge in [0.15, 0.2) is 9.84 Å². The molecule has 1 spiro atoms. The van der Waals surface area contributed by atoms with Gasteiger partial charge < -0.3 is 10.6 Å². The maximum atomic E-state index is 12.3. The highest BCUT2D eigenvalue weighted by molar-refractivity contribution is 7.90. The number of amides is 1. The molecule has 0 radical (unpaired) electrons. The summed E-state index contributed by atoms with van der Waals surface area (Å²) >= 11 is 0. The number of carbonyl (C=O) groups excluding carboxylic acids is 1. The van der Waals surface area contributed by atoms with Gasteiger partial charge in [0, 0.05) is 17.9 Å². The van der Waals surface area contributed by atoms with Crippen molar-refractivity contribution < 1.29 is 13.2 Å². The van der Waals surface area contributed by atoms with Crippen molar-refractivity contribution in [2.75, 3.05) is 24.7 Å². The molecule has 1 aromatic rings. The van der Waals surface area contributed by atoms with Crippen molar-refractivity contribution in [3.63, 3.8) is 0 Å². The Kier molecular flexibility index (Phi) is 3.53. The van der Waals surface area contributed by atoms with Gasteiger partial charge >= 0.3 is 0 Å². The molecular weight excluding hydrogens is 288 g/mol. The van der Waals surface area contributed by atoms with Crippen LogP contribution in [0.5, 0.6) is 0 Å². The molecule has 21 heavy (non-hydrogen) atoms. The summed E-state index contributed by atoms with van der Waals surface area (Å²) in [6.07, 6.45) is 4.22. The van der Waals surface area contributed by atoms with Crippen molar-refractivity contribution in [3.8, 4) is 0 Å². The van der Waals surface area contributed by atoms with Gasteiger partial charge in [0.1, 0.15) is 0 Å². The van der Waals surface area contributed by atoms with Crippen molar-refractivity contribution >= 4 is 21.4 Å². The van der Waals surface area contributed by atoms with Gasteiger partial charge in [-0.1, -0.05) is 6.07 Å². The topological polar surface area (TPSA) is 75.3 Å². The van der Waals surface area contributed by atoms with E-state index in [4.69, 9.17) is 0 Å². The van der Waals surface area contributed by atoms with Crippen molar-refractivity contribution in [1.29, 1.82) is 0 Å². The van der Waals surface area contributed by atoms with E-state index < -0.39 is 9.84 Å². The van der Waals surface area contributed by atoms with E-state index in [0.717, 1.165) is 32.4 Å². The van der Waals surface area contributed by atoms with Gasteiger partial charge in [0.2, 0.25) is 5.91 Å². The average Bonchev–Trinajstić information content (AvgIpc) is 3.12. The van der Waals surface area contributed by atoms with Crippen LogP contribution >= 0.6 is 0 Å². The van der Waals surface area contributed by atoms with E-state index in [9.17, 15) is 13.2 Å². The van der Waals surface area contributed by atoms with Gasteiger partial charge in [0.25, 0.3) is 0 Å². The zero-order valence-corrected chi connectivity index (χ0v) is 12.9. The Balaban J connectivity index is 1.69. The average molecular weight is 308 g/mol. The molecule has 1 aromatic carbocycles. The molecule has 1 aliphatic carbocycles. The fraction of sp³-hybridized carbons (Fsp3) is 0.533. The second-order valence-electron chi connectivity index (χ2n) is 6.16. The summed E-state index contributed by atoms with van der Waals surface area (Å²) in [6, 6.07) is 6.43. The molecule has 1 aliphatic heterocycles. The summed E-state index contributed by atoms with van der Waals surface area (Å²) in [6.45, 7) is 1.96. The molecule has 6 heteroatoms. The van der Waals surface area contributed by atoms with Crippen LogP contribution < -0.4 is 10.6 Å². The number of anilines is 1. The summed E-state index contributed by atoms with van der Waals surface area (Å²) in [5, 5.41) is 6.18. The summed E-state index contributed by atoms with van der Waals surface area (Å²) in [5.41, 5.74) is 0.739. The Morgan fingerprint density at radius 3 is 2.71 bits per heavy atom. The number of sulfone groups is 1. The molecule has 2 N–H and O–H groups in total. The molecule has 3 rings (SSSR count). The molecule has 2 aliphatic rings. The first-order valence-electron chi connectivity index (χ1n) is 7.22. The Hall–Kier alpha value is -1.40. The molecule has 1 atom stereocenters. The third-order valence-electron chi connectivity index (χ3n) is 4.64. The molecule has 1 amide bonds. The van der Waals surface area contributed by atoms with Crippen molar-refractivity contribution in [2.24, 2.45) is 11.3 Å². The quantitative estimate of drug-likeness (QED) is 0.885. The third kappa shape index (κ3) is 2.96. The lowest BCUT2D eigenvalue weighted by Crippen LogP contribution is -2.31. The zero-order chi connectivity index (χ0) is 15.1. The largest absolute Gasteiger partial charge is 0.326 e. The van der Waals surface area contributed by atoms with Crippen LogP contribution in [0.4, 0.5) is 5.69 Å². The fourth-order valence-corrected chi connectivity index (χ4v) is 3.90. The van der Waals surface area contributed by atoms with Gasteiger partial charge in [0.05, 0.1) is 4.90 Å². The highest BCUT2D eigenvalue weighted by Crippen LogP contribution is 2.58. The van der Waals surface area contributed by atoms with E-state index in [2.05, 4.69) is 10.6 Å². The highest BCUT2D eigenvalue weighted by Gasteiger charge is 2.57. The molecule has 114 valence electrons. The number of hydrogen-bond donors (Lipinski definition) is 2. The first-order valence-corrected chi connectivity index (χ1v) is 9.12. The molecule has 1 saturated heterocycles. The van der Waals surface area contributed by atoms with Gasteiger partial charge in [-0.15, -0.1) is 0 Å². The first-order chi connectivity index (χ1) is 9.91. The monoisotopic (exact) mass is 308 g/mol. The van der Waals surface area contributed by atoms with Crippen LogP contribution in [0.15, 0.2) is 29.2 Å². The zero-order valence-electron chi connectivity index (χ0n) is 12.1. The van der Waals surface area contributed by atoms with Gasteiger partial charge in [-0.2, -0.15) is 0 Å². The predicted octanol–water partition coefficient (Wildman–Crippen LogP) is 1.42. The standard InChI is InChI=1S/C15H20N2O3S/c1-21(19,20)12-4-2-3-11(9-12)17-14(18)13-10-15(13)5-7-16-8-6-15/h2-4,9,13,16H,5-8,10H2,1H3,(H,17,18). The Morgan fingerprint density at radius 1 is 1.33 bits per heavy atom. The van der Waals surface area contributed by atoms with E-state index in [-0.39, 0.29) is 22.1 Å². The summed E-state index contributed by atoms with van der Waals surface area (Å²) in [7, 11) is -3.25. The molecule has 0 aromatic heterocycles. The SMILES string of the molecule is CS(=O)(=O)c1cccc(NC(=O)C2CC23CCNCC3)c1. The second kappa shape index (κ2) is 5.10. The Labute approximate surface area is 125 Å². The predicted molar refractivity (Wildman–Crippen MR) is 80.8 cm³/mol. The minimum absolute atomic E-state index is 0.0163. The minimum atomic E-state index is -3.25. The van der Waals surface area contributed by atoms with Crippen molar-refractivity contribution in [2.45, 2.75) is 24.2 Å². The van der Waals surface area contributed by atoms with Crippen LogP contribution in [-0.2, 0) is 14.6 Å². The van der Waals surface area contributed by atoms with E-state index >= 15 is 0 Å². The lowest BCUT2D eigenvalue weighted by Gasteiger charge is -2.23. The molecule has 1 heterocycles. The number of benzene rings is 1. The molecule has 1 unspecified atom stereocenters. The van der Waals surface area contributed by atoms with E-state index in [1.165, 1.54) is 18.4 Å². The number of piperidine rings is 1. The molecule has 5 nitrogen and oxygen atoms in total. The Morgan fingerprint density at radius 2 is 2.05 bits per heavy atom. The molecular formula is C15H20N2O3S. The maximum Gasteiger partial charge on any atom is 0.228 e. The lowest BCUT2D eigenvalue weighted by atomic mass is 9.92. The number of rotatable bonds is 3. The smallest absolute Gasteiger partial charge is 0.228 e. The van der Waals surface area contributed by atoms with Crippen LogP contribution in [0.25, 0.3) is 0 Å². The van der Waals surface area contributed by atoms with Crippen LogP contribution in [-0.4, -0.2) is 33.7 Å². The molecule has 0 bridgehead atoms. The lowest BCUT2D eigenvalue weighted by molar-refractivity contribution is -0.118. The number of carbonyl (C=O) groups is 1. The third-order valence-corrected chi connectivity index (χ3v) is 5.75. The van der Waals surface area contributed by atoms with Crippen LogP contribution in [0, 0.1) is 11.3 Å². The van der Waals surface area contributed by atoms with Crippen LogP contribution in [0.2, 0.25) is 0 Å². The van der Waals surface area contributed by atoms with E-state index in [0.29, 0.717) is 5.69 Å². The van der Waals surface area contributed by atoms with Crippen molar-refractivity contribution in [3.05, 3.63) is 24.3 Å². The van der Waals surface area contributed by atoms with E-state index in [1.54, 1.807) is 12.1 Å². The van der Waals surface area contributed by atoms with Crippen LogP contribution in [0.1, 0.15) is 19.3 Å². The first kappa shape index (κ1) is 14.5. The van der Waals surface area contributed by atoms with E-state index in [1.807, 2.05) is 0 Å². The highest BCUT2D eigenvalue weighted by atomic mass is 32.2. The van der Waals surface area contributed by atoms with Gasteiger partial charge in [-0.05, 0) is 56.0 Å². The summed E-state index contributed by atoms with van der Waals surface area (Å²) in [4.78, 5) is 12.6. The summed E-state index contributed by atoms with van der Waals surface area (Å²) in [5.74, 6) is 0.0871. The Bertz CT molecular complexity index is 663. The maximum absolute atomic E-state index is 12.3. The normalized spacial score (nSPS) is 23.8. The van der Waals surface area contributed by atoms with Gasteiger partial charge in [-0.3, -0.25) is 4.79 Å². The molecule has 2 fully saturated rings. The number of nitrogens with one attached hydrogen (secondary N) is 2. The van der Waals surface area contributed by atoms with Gasteiger partial charge in [-0.25, -0.2) is 8.42 Å². The summed E-state index contributed by atoms with van der Waals surface area (Å²) < 4.78 is 23.1. The fourth-order valence-electron chi connectivity index (χ4n) is 3.23. The number of hydrogen-bond acceptors (Lipinski definition) is 4. The minimum Gasteiger partial charge on any atom is -0.326 e. The van der Waals surface area contributed by atoms with Crippen LogP contribution in [0.3, 0.4) is 0 Å².